The van der Waals surface area contributed by atoms with E-state index in [9.17, 15) is 18.3 Å². The number of carboxylic acids is 1. The molecule has 26 heavy (non-hydrogen) atoms. The number of aromatic carboxylic acids is 1. The molecule has 7 heteroatoms. The minimum absolute atomic E-state index is 0.0590. The van der Waals surface area contributed by atoms with E-state index in [1.165, 1.54) is 18.2 Å². The van der Waals surface area contributed by atoms with Crippen LogP contribution in [0.5, 0.6) is 0 Å². The molecule has 0 unspecified atom stereocenters. The van der Waals surface area contributed by atoms with Crippen molar-refractivity contribution in [2.75, 3.05) is 5.32 Å². The Bertz CT molecular complexity index is 851. The number of anilines is 1. The van der Waals surface area contributed by atoms with E-state index in [-0.39, 0.29) is 16.5 Å². The summed E-state index contributed by atoms with van der Waals surface area (Å²) in [6, 6.07) is 13.4. The molecule has 140 valence electrons. The molecule has 2 aromatic rings. The molecular formula is C19H24N2O4S. The Labute approximate surface area is 154 Å². The number of hydrogen-bond donors (Lipinski definition) is 3. The fourth-order valence-electron chi connectivity index (χ4n) is 2.64. The Morgan fingerprint density at radius 3 is 2.46 bits per heavy atom. The number of carbonyl (C=O) groups is 1. The highest BCUT2D eigenvalue weighted by atomic mass is 32.2. The van der Waals surface area contributed by atoms with E-state index >= 15 is 0 Å². The Kier molecular flexibility index (Phi) is 6.76. The van der Waals surface area contributed by atoms with E-state index in [2.05, 4.69) is 10.0 Å². The lowest BCUT2D eigenvalue weighted by molar-refractivity contribution is 0.0696. The summed E-state index contributed by atoms with van der Waals surface area (Å²) in [6.07, 6.45) is 1.54. The van der Waals surface area contributed by atoms with Gasteiger partial charge in [-0.05, 0) is 37.1 Å². The smallest absolute Gasteiger partial charge is 0.335 e. The summed E-state index contributed by atoms with van der Waals surface area (Å²) < 4.78 is 28.2. The minimum atomic E-state index is -3.85. The lowest BCUT2D eigenvalue weighted by atomic mass is 10.2. The zero-order chi connectivity index (χ0) is 19.2. The second-order valence-electron chi connectivity index (χ2n) is 6.17. The molecule has 0 amide bonds. The van der Waals surface area contributed by atoms with Gasteiger partial charge in [-0.15, -0.1) is 0 Å². The van der Waals surface area contributed by atoms with Crippen LogP contribution in [-0.2, 0) is 16.6 Å². The van der Waals surface area contributed by atoms with Gasteiger partial charge < -0.3 is 10.4 Å². The van der Waals surface area contributed by atoms with Crippen LogP contribution in [0.3, 0.4) is 0 Å². The monoisotopic (exact) mass is 376 g/mol. The molecule has 0 aromatic heterocycles. The summed E-state index contributed by atoms with van der Waals surface area (Å²) in [6.45, 7) is 4.20. The zero-order valence-corrected chi connectivity index (χ0v) is 15.7. The average Bonchev–Trinajstić information content (AvgIpc) is 2.60. The molecule has 0 aliphatic rings. The van der Waals surface area contributed by atoms with E-state index in [0.717, 1.165) is 12.0 Å². The molecule has 0 radical (unpaired) electrons. The molecule has 0 bridgehead atoms. The van der Waals surface area contributed by atoms with Crippen LogP contribution in [0.25, 0.3) is 0 Å². The molecular weight excluding hydrogens is 352 g/mol. The second-order valence-corrected chi connectivity index (χ2v) is 7.85. The van der Waals surface area contributed by atoms with Gasteiger partial charge in [-0.3, -0.25) is 0 Å². The van der Waals surface area contributed by atoms with Crippen LogP contribution in [0, 0.1) is 0 Å². The molecule has 0 aliphatic carbocycles. The van der Waals surface area contributed by atoms with Gasteiger partial charge in [0.25, 0.3) is 0 Å². The number of carboxylic acid groups (broad SMARTS) is 1. The van der Waals surface area contributed by atoms with Crippen LogP contribution < -0.4 is 10.0 Å². The van der Waals surface area contributed by atoms with E-state index in [1.807, 2.05) is 37.3 Å². The molecule has 0 saturated carbocycles. The number of hydrogen-bond acceptors (Lipinski definition) is 4. The summed E-state index contributed by atoms with van der Waals surface area (Å²) in [5, 5.41) is 12.3. The molecule has 2 rings (SSSR count). The van der Waals surface area contributed by atoms with Crippen molar-refractivity contribution in [3.63, 3.8) is 0 Å². The van der Waals surface area contributed by atoms with E-state index in [0.29, 0.717) is 18.7 Å². The van der Waals surface area contributed by atoms with Gasteiger partial charge >= 0.3 is 5.97 Å². The van der Waals surface area contributed by atoms with Gasteiger partial charge in [0.15, 0.2) is 0 Å². The van der Waals surface area contributed by atoms with E-state index in [4.69, 9.17) is 0 Å². The fraction of sp³-hybridized carbons (Fsp3) is 0.316. The third-order valence-corrected chi connectivity index (χ3v) is 5.55. The van der Waals surface area contributed by atoms with Gasteiger partial charge in [0.1, 0.15) is 4.90 Å². The Balaban J connectivity index is 2.34. The number of sulfonamides is 1. The topological polar surface area (TPSA) is 95.5 Å². The van der Waals surface area contributed by atoms with Crippen LogP contribution in [-0.4, -0.2) is 25.5 Å². The van der Waals surface area contributed by atoms with E-state index in [1.54, 1.807) is 6.92 Å². The Morgan fingerprint density at radius 1 is 1.15 bits per heavy atom. The van der Waals surface area contributed by atoms with E-state index < -0.39 is 16.0 Å². The van der Waals surface area contributed by atoms with Crippen molar-refractivity contribution in [2.45, 2.75) is 44.2 Å². The standard InChI is InChI=1S/C19H24N2O4S/c1-3-7-14(2)21-26(24,25)18-12-16(19(22)23)10-11-17(18)20-13-15-8-5-4-6-9-15/h4-6,8-12,14,20-21H,3,7,13H2,1-2H3,(H,22,23)/t14-/m1/s1. The first-order chi connectivity index (χ1) is 12.3. The first kappa shape index (κ1) is 19.9. The first-order valence-corrected chi connectivity index (χ1v) is 9.99. The number of nitrogens with one attached hydrogen (secondary N) is 2. The zero-order valence-electron chi connectivity index (χ0n) is 14.9. The van der Waals surface area contributed by atoms with Crippen molar-refractivity contribution < 1.29 is 18.3 Å². The fourth-order valence-corrected chi connectivity index (χ4v) is 4.12. The lowest BCUT2D eigenvalue weighted by Crippen LogP contribution is -2.33. The molecule has 0 saturated heterocycles. The Hall–Kier alpha value is -2.38. The maximum Gasteiger partial charge on any atom is 0.335 e. The summed E-state index contributed by atoms with van der Waals surface area (Å²) in [4.78, 5) is 11.2. The first-order valence-electron chi connectivity index (χ1n) is 8.51. The average molecular weight is 376 g/mol. The molecule has 3 N–H and O–H groups in total. The van der Waals surface area contributed by atoms with Crippen molar-refractivity contribution in [2.24, 2.45) is 0 Å². The van der Waals surface area contributed by atoms with Crippen molar-refractivity contribution in [1.29, 1.82) is 0 Å². The summed E-state index contributed by atoms with van der Waals surface area (Å²) in [5.41, 5.74) is 1.29. The van der Waals surface area contributed by atoms with Crippen LogP contribution >= 0.6 is 0 Å². The van der Waals surface area contributed by atoms with Crippen LogP contribution in [0.2, 0.25) is 0 Å². The molecule has 2 aromatic carbocycles. The number of benzene rings is 2. The van der Waals surface area contributed by atoms with Crippen LogP contribution in [0.4, 0.5) is 5.69 Å². The molecule has 0 heterocycles. The van der Waals surface area contributed by atoms with Gasteiger partial charge in [0.2, 0.25) is 10.0 Å². The highest BCUT2D eigenvalue weighted by molar-refractivity contribution is 7.89. The van der Waals surface area contributed by atoms with Crippen molar-refractivity contribution in [1.82, 2.24) is 4.72 Å². The molecule has 1 atom stereocenters. The van der Waals surface area contributed by atoms with Gasteiger partial charge in [-0.25, -0.2) is 17.9 Å². The highest BCUT2D eigenvalue weighted by Gasteiger charge is 2.22. The summed E-state index contributed by atoms with van der Waals surface area (Å²) in [5.74, 6) is -1.17. The van der Waals surface area contributed by atoms with Gasteiger partial charge in [-0.2, -0.15) is 0 Å². The Morgan fingerprint density at radius 2 is 1.85 bits per heavy atom. The third-order valence-electron chi connectivity index (χ3n) is 3.92. The maximum atomic E-state index is 12.8. The largest absolute Gasteiger partial charge is 0.478 e. The van der Waals surface area contributed by atoms with Gasteiger partial charge in [0, 0.05) is 12.6 Å². The van der Waals surface area contributed by atoms with Crippen molar-refractivity contribution >= 4 is 21.7 Å². The SMILES string of the molecule is CCC[C@@H](C)NS(=O)(=O)c1cc(C(=O)O)ccc1NCc1ccccc1. The molecule has 0 fully saturated rings. The van der Waals surface area contributed by atoms with Crippen LogP contribution in [0.1, 0.15) is 42.6 Å². The highest BCUT2D eigenvalue weighted by Crippen LogP contribution is 2.24. The third kappa shape index (κ3) is 5.31. The normalized spacial score (nSPS) is 12.5. The van der Waals surface area contributed by atoms with Gasteiger partial charge in [-0.1, -0.05) is 43.7 Å². The van der Waals surface area contributed by atoms with Crippen LogP contribution in [0.15, 0.2) is 53.4 Å². The summed E-state index contributed by atoms with van der Waals surface area (Å²) in [7, 11) is -3.85. The second kappa shape index (κ2) is 8.82. The van der Waals surface area contributed by atoms with Crippen molar-refractivity contribution in [3.8, 4) is 0 Å². The predicted molar refractivity (Wildman–Crippen MR) is 102 cm³/mol. The minimum Gasteiger partial charge on any atom is -0.478 e. The molecule has 0 aliphatic heterocycles. The maximum absolute atomic E-state index is 12.8. The van der Waals surface area contributed by atoms with Gasteiger partial charge in [0.05, 0.1) is 11.3 Å². The lowest BCUT2D eigenvalue weighted by Gasteiger charge is -2.17. The van der Waals surface area contributed by atoms with Crippen molar-refractivity contribution in [3.05, 3.63) is 59.7 Å². The predicted octanol–water partition coefficient (Wildman–Crippen LogP) is 3.46. The number of rotatable bonds is 9. The molecule has 0 spiro atoms. The molecule has 6 nitrogen and oxygen atoms in total. The summed E-state index contributed by atoms with van der Waals surface area (Å²) >= 11 is 0. The quantitative estimate of drug-likeness (QED) is 0.623.